The zero-order valence-electron chi connectivity index (χ0n) is 18.3. The Morgan fingerprint density at radius 1 is 1.09 bits per heavy atom. The minimum atomic E-state index is -3.29. The third-order valence-corrected chi connectivity index (χ3v) is 6.55. The Balaban J connectivity index is 2.02. The number of hydrazine groups is 1. The van der Waals surface area contributed by atoms with Crippen molar-refractivity contribution in [3.8, 4) is 11.1 Å². The molecule has 3 rings (SSSR count). The predicted octanol–water partition coefficient (Wildman–Crippen LogP) is 5.21. The highest BCUT2D eigenvalue weighted by molar-refractivity contribution is 7.90. The van der Waals surface area contributed by atoms with Crippen LogP contribution in [0.25, 0.3) is 16.8 Å². The first-order valence-corrected chi connectivity index (χ1v) is 12.4. The van der Waals surface area contributed by atoms with Gasteiger partial charge in [-0.1, -0.05) is 54.1 Å². The molecule has 0 aliphatic rings. The summed E-state index contributed by atoms with van der Waals surface area (Å²) in [7, 11) is -3.29. The summed E-state index contributed by atoms with van der Waals surface area (Å²) in [5.41, 5.74) is 4.82. The molecule has 3 aromatic carbocycles. The lowest BCUT2D eigenvalue weighted by Gasteiger charge is -2.25. The van der Waals surface area contributed by atoms with Gasteiger partial charge in [0.2, 0.25) is 0 Å². The molecule has 168 valence electrons. The van der Waals surface area contributed by atoms with Crippen molar-refractivity contribution in [2.45, 2.75) is 31.3 Å². The van der Waals surface area contributed by atoms with E-state index in [0.29, 0.717) is 17.1 Å². The predicted molar refractivity (Wildman–Crippen MR) is 132 cm³/mol. The first-order chi connectivity index (χ1) is 15.1. The third-order valence-electron chi connectivity index (χ3n) is 5.11. The van der Waals surface area contributed by atoms with Crippen LogP contribution in [0.2, 0.25) is 5.02 Å². The van der Waals surface area contributed by atoms with E-state index in [2.05, 4.69) is 0 Å². The Bertz CT molecular complexity index is 1250. The van der Waals surface area contributed by atoms with Crippen LogP contribution in [0, 0.1) is 6.92 Å². The molecule has 0 aliphatic carbocycles. The minimum Gasteiger partial charge on any atom is -0.393 e. The topological polar surface area (TPSA) is 83.6 Å². The molecule has 0 aromatic heterocycles. The lowest BCUT2D eigenvalue weighted by atomic mass is 10.0. The largest absolute Gasteiger partial charge is 0.393 e. The summed E-state index contributed by atoms with van der Waals surface area (Å²) in [5.74, 6) is 6.54. The highest BCUT2D eigenvalue weighted by atomic mass is 35.5. The van der Waals surface area contributed by atoms with Crippen molar-refractivity contribution in [3.63, 3.8) is 0 Å². The molecule has 7 heteroatoms. The van der Waals surface area contributed by atoms with Crippen molar-refractivity contribution in [2.75, 3.05) is 11.3 Å². The SMILES string of the molecule is Cc1cc(-c2cccc(S(C)(=O)=O)c2)ccc1N(N)/C(=C\CC(C)O)c1ccccc1Cl. The third kappa shape index (κ3) is 5.58. The second-order valence-electron chi connectivity index (χ2n) is 7.83. The summed E-state index contributed by atoms with van der Waals surface area (Å²) in [5, 5.41) is 11.9. The molecule has 1 unspecified atom stereocenters. The molecule has 0 heterocycles. The second kappa shape index (κ2) is 9.88. The van der Waals surface area contributed by atoms with Crippen molar-refractivity contribution in [2.24, 2.45) is 5.84 Å². The number of aliphatic hydroxyl groups excluding tert-OH is 1. The highest BCUT2D eigenvalue weighted by Crippen LogP contribution is 2.33. The molecular formula is C25H27ClN2O3S. The molecule has 5 nitrogen and oxygen atoms in total. The van der Waals surface area contributed by atoms with Gasteiger partial charge in [-0.25, -0.2) is 14.3 Å². The first kappa shape index (κ1) is 24.0. The number of rotatable bonds is 7. The molecule has 3 aromatic rings. The van der Waals surface area contributed by atoms with E-state index in [1.165, 1.54) is 6.26 Å². The fraction of sp³-hybridized carbons (Fsp3) is 0.200. The van der Waals surface area contributed by atoms with Crippen LogP contribution in [-0.2, 0) is 9.84 Å². The quantitative estimate of drug-likeness (QED) is 0.365. The standard InChI is InChI=1S/C25H27ClN2O3S/c1-17-15-20(19-7-6-8-21(16-19)32(3,30)31)12-14-24(17)28(27)25(13-11-18(2)29)22-9-4-5-10-23(22)26/h4-10,12-16,18,29H,11,27H2,1-3H3/b25-13-. The van der Waals surface area contributed by atoms with Crippen LogP contribution in [0.1, 0.15) is 24.5 Å². The fourth-order valence-electron chi connectivity index (χ4n) is 3.43. The molecule has 0 bridgehead atoms. The second-order valence-corrected chi connectivity index (χ2v) is 10.2. The van der Waals surface area contributed by atoms with Gasteiger partial charge in [0.1, 0.15) is 0 Å². The summed E-state index contributed by atoms with van der Waals surface area (Å²) >= 11 is 6.43. The summed E-state index contributed by atoms with van der Waals surface area (Å²) in [6, 6.07) is 20.1. The number of aliphatic hydroxyl groups is 1. The average molecular weight is 471 g/mol. The van der Waals surface area contributed by atoms with Gasteiger partial charge in [-0.3, -0.25) is 5.01 Å². The van der Waals surface area contributed by atoms with Gasteiger partial charge in [0, 0.05) is 16.8 Å². The molecule has 0 radical (unpaired) electrons. The number of nitrogens with two attached hydrogens (primary N) is 1. The van der Waals surface area contributed by atoms with E-state index in [-0.39, 0.29) is 4.90 Å². The van der Waals surface area contributed by atoms with Gasteiger partial charge < -0.3 is 5.11 Å². The van der Waals surface area contributed by atoms with E-state index in [1.807, 2.05) is 55.5 Å². The Kier molecular flexibility index (Phi) is 7.41. The Labute approximate surface area is 194 Å². The number of anilines is 1. The first-order valence-electron chi connectivity index (χ1n) is 10.2. The van der Waals surface area contributed by atoms with Crippen molar-refractivity contribution in [1.82, 2.24) is 0 Å². The number of benzene rings is 3. The molecule has 0 aliphatic heterocycles. The van der Waals surface area contributed by atoms with Crippen LogP contribution in [0.15, 0.2) is 77.7 Å². The maximum absolute atomic E-state index is 11.9. The Morgan fingerprint density at radius 3 is 2.41 bits per heavy atom. The van der Waals surface area contributed by atoms with Gasteiger partial charge in [0.25, 0.3) is 0 Å². The zero-order chi connectivity index (χ0) is 23.5. The van der Waals surface area contributed by atoms with E-state index < -0.39 is 15.9 Å². The van der Waals surface area contributed by atoms with E-state index in [1.54, 1.807) is 36.2 Å². The number of nitrogens with zero attached hydrogens (tertiary/aromatic N) is 1. The smallest absolute Gasteiger partial charge is 0.175 e. The molecule has 32 heavy (non-hydrogen) atoms. The molecule has 1 atom stereocenters. The number of aryl methyl sites for hydroxylation is 1. The van der Waals surface area contributed by atoms with E-state index in [9.17, 15) is 13.5 Å². The van der Waals surface area contributed by atoms with Gasteiger partial charge in [-0.2, -0.15) is 0 Å². The Morgan fingerprint density at radius 2 is 1.78 bits per heavy atom. The van der Waals surface area contributed by atoms with Gasteiger partial charge in [0.15, 0.2) is 9.84 Å². The lowest BCUT2D eigenvalue weighted by Crippen LogP contribution is -2.30. The van der Waals surface area contributed by atoms with Gasteiger partial charge in [0.05, 0.1) is 22.4 Å². The number of hydrogen-bond donors (Lipinski definition) is 2. The number of sulfone groups is 1. The maximum atomic E-state index is 11.9. The van der Waals surface area contributed by atoms with Crippen LogP contribution in [-0.4, -0.2) is 25.9 Å². The molecule has 0 fully saturated rings. The zero-order valence-corrected chi connectivity index (χ0v) is 19.9. The minimum absolute atomic E-state index is 0.277. The monoisotopic (exact) mass is 470 g/mol. The maximum Gasteiger partial charge on any atom is 0.175 e. The van der Waals surface area contributed by atoms with E-state index in [4.69, 9.17) is 17.4 Å². The van der Waals surface area contributed by atoms with E-state index in [0.717, 1.165) is 27.9 Å². The summed E-state index contributed by atoms with van der Waals surface area (Å²) < 4.78 is 23.8. The molecule has 0 saturated heterocycles. The van der Waals surface area contributed by atoms with Gasteiger partial charge >= 0.3 is 0 Å². The number of hydrogen-bond acceptors (Lipinski definition) is 5. The van der Waals surface area contributed by atoms with Crippen molar-refractivity contribution in [3.05, 3.63) is 89.0 Å². The highest BCUT2D eigenvalue weighted by Gasteiger charge is 2.16. The molecule has 0 spiro atoms. The van der Waals surface area contributed by atoms with Crippen LogP contribution in [0.5, 0.6) is 0 Å². The summed E-state index contributed by atoms with van der Waals surface area (Å²) in [6.07, 6.45) is 2.97. The van der Waals surface area contributed by atoms with Crippen LogP contribution in [0.4, 0.5) is 5.69 Å². The van der Waals surface area contributed by atoms with Gasteiger partial charge in [-0.05, 0) is 67.3 Å². The fourth-order valence-corrected chi connectivity index (χ4v) is 4.33. The van der Waals surface area contributed by atoms with Crippen molar-refractivity contribution < 1.29 is 13.5 Å². The molecule has 0 amide bonds. The van der Waals surface area contributed by atoms with Crippen molar-refractivity contribution in [1.29, 1.82) is 0 Å². The van der Waals surface area contributed by atoms with Gasteiger partial charge in [-0.15, -0.1) is 0 Å². The Hall–Kier alpha value is -2.64. The average Bonchev–Trinajstić information content (AvgIpc) is 2.74. The molecule has 0 saturated carbocycles. The molecule has 3 N–H and O–H groups in total. The van der Waals surface area contributed by atoms with Crippen molar-refractivity contribution >= 4 is 32.8 Å². The van der Waals surface area contributed by atoms with Crippen LogP contribution < -0.4 is 10.9 Å². The van der Waals surface area contributed by atoms with Crippen LogP contribution >= 0.6 is 11.6 Å². The summed E-state index contributed by atoms with van der Waals surface area (Å²) in [6.45, 7) is 3.66. The van der Waals surface area contributed by atoms with Crippen LogP contribution in [0.3, 0.4) is 0 Å². The summed E-state index contributed by atoms with van der Waals surface area (Å²) in [4.78, 5) is 0.277. The number of halogens is 1. The molecular weight excluding hydrogens is 444 g/mol. The lowest BCUT2D eigenvalue weighted by molar-refractivity contribution is 0.198. The normalized spacial score (nSPS) is 13.1. The van der Waals surface area contributed by atoms with E-state index >= 15 is 0 Å².